The van der Waals surface area contributed by atoms with Crippen LogP contribution in [0.15, 0.2) is 42.7 Å². The fraction of sp³-hybridized carbons (Fsp3) is 0.353. The Morgan fingerprint density at radius 3 is 3.00 bits per heavy atom. The maximum Gasteiger partial charge on any atom is 0.127 e. The van der Waals surface area contributed by atoms with Crippen LogP contribution in [0, 0.1) is 5.82 Å². The van der Waals surface area contributed by atoms with Crippen molar-refractivity contribution in [3.05, 3.63) is 65.2 Å². The molecule has 0 amide bonds. The molecule has 0 aliphatic carbocycles. The molecule has 1 aliphatic rings. The molecule has 1 saturated heterocycles. The summed E-state index contributed by atoms with van der Waals surface area (Å²) in [6, 6.07) is 9.55. The lowest BCUT2D eigenvalue weighted by Crippen LogP contribution is -2.23. The van der Waals surface area contributed by atoms with Crippen LogP contribution in [0.2, 0.25) is 0 Å². The Morgan fingerprint density at radius 2 is 2.24 bits per heavy atom. The molecule has 1 aromatic carbocycles. The number of likely N-dealkylation sites (tertiary alicyclic amines) is 1. The van der Waals surface area contributed by atoms with Crippen molar-refractivity contribution in [2.45, 2.75) is 32.0 Å². The van der Waals surface area contributed by atoms with Gasteiger partial charge in [-0.3, -0.25) is 9.88 Å². The van der Waals surface area contributed by atoms with E-state index in [1.165, 1.54) is 11.6 Å². The lowest BCUT2D eigenvalue weighted by molar-refractivity contribution is 0.244. The average molecular weight is 285 g/mol. The third-order valence-corrected chi connectivity index (χ3v) is 4.15. The van der Waals surface area contributed by atoms with E-state index in [4.69, 9.17) is 5.73 Å². The zero-order valence-corrected chi connectivity index (χ0v) is 12.0. The van der Waals surface area contributed by atoms with Gasteiger partial charge >= 0.3 is 0 Å². The van der Waals surface area contributed by atoms with E-state index in [2.05, 4.69) is 16.0 Å². The van der Waals surface area contributed by atoms with E-state index in [-0.39, 0.29) is 5.82 Å². The molecule has 21 heavy (non-hydrogen) atoms. The van der Waals surface area contributed by atoms with Crippen LogP contribution in [-0.4, -0.2) is 16.4 Å². The number of rotatable bonds is 4. The molecular weight excluding hydrogens is 265 g/mol. The van der Waals surface area contributed by atoms with E-state index in [9.17, 15) is 4.39 Å². The third kappa shape index (κ3) is 3.12. The van der Waals surface area contributed by atoms with E-state index in [0.29, 0.717) is 19.1 Å². The smallest absolute Gasteiger partial charge is 0.127 e. The Labute approximate surface area is 124 Å². The van der Waals surface area contributed by atoms with Crippen molar-refractivity contribution in [2.75, 3.05) is 6.54 Å². The molecule has 4 heteroatoms. The largest absolute Gasteiger partial charge is 0.326 e. The normalized spacial score (nSPS) is 19.0. The minimum Gasteiger partial charge on any atom is -0.326 e. The highest BCUT2D eigenvalue weighted by Gasteiger charge is 2.26. The zero-order chi connectivity index (χ0) is 14.7. The predicted octanol–water partition coefficient (Wildman–Crippen LogP) is 3.02. The van der Waals surface area contributed by atoms with Crippen molar-refractivity contribution < 1.29 is 4.39 Å². The van der Waals surface area contributed by atoms with Gasteiger partial charge in [-0.2, -0.15) is 0 Å². The highest BCUT2D eigenvalue weighted by molar-refractivity contribution is 5.26. The molecular formula is C17H20FN3. The Bertz CT molecular complexity index is 600. The second-order valence-corrected chi connectivity index (χ2v) is 5.54. The molecule has 3 rings (SSSR count). The fourth-order valence-electron chi connectivity index (χ4n) is 3.06. The SMILES string of the molecule is NCc1ccc(F)c(CN2CCCC2c2cccnc2)c1. The van der Waals surface area contributed by atoms with Gasteiger partial charge in [0.25, 0.3) is 0 Å². The fourth-order valence-corrected chi connectivity index (χ4v) is 3.06. The average Bonchev–Trinajstić information content (AvgIpc) is 2.98. The quantitative estimate of drug-likeness (QED) is 0.939. The van der Waals surface area contributed by atoms with E-state index in [0.717, 1.165) is 30.5 Å². The first-order valence-electron chi connectivity index (χ1n) is 7.39. The molecule has 1 unspecified atom stereocenters. The van der Waals surface area contributed by atoms with Crippen LogP contribution in [0.4, 0.5) is 4.39 Å². The van der Waals surface area contributed by atoms with Gasteiger partial charge < -0.3 is 5.73 Å². The van der Waals surface area contributed by atoms with Gasteiger partial charge in [-0.25, -0.2) is 4.39 Å². The highest BCUT2D eigenvalue weighted by atomic mass is 19.1. The second kappa shape index (κ2) is 6.33. The number of benzene rings is 1. The zero-order valence-electron chi connectivity index (χ0n) is 12.0. The van der Waals surface area contributed by atoms with Crippen LogP contribution in [0.25, 0.3) is 0 Å². The van der Waals surface area contributed by atoms with Gasteiger partial charge in [-0.1, -0.05) is 18.2 Å². The molecule has 0 spiro atoms. The van der Waals surface area contributed by atoms with E-state index >= 15 is 0 Å². The first-order chi connectivity index (χ1) is 10.3. The van der Waals surface area contributed by atoms with Crippen LogP contribution in [0.1, 0.15) is 35.6 Å². The van der Waals surface area contributed by atoms with Gasteiger partial charge in [-0.05, 0) is 42.6 Å². The summed E-state index contributed by atoms with van der Waals surface area (Å²) in [7, 11) is 0. The molecule has 2 aromatic rings. The maximum absolute atomic E-state index is 14.0. The van der Waals surface area contributed by atoms with E-state index in [1.54, 1.807) is 12.3 Å². The summed E-state index contributed by atoms with van der Waals surface area (Å²) < 4.78 is 14.0. The van der Waals surface area contributed by atoms with Gasteiger partial charge in [0, 0.05) is 37.1 Å². The summed E-state index contributed by atoms with van der Waals surface area (Å²) in [4.78, 5) is 6.53. The number of pyridine rings is 1. The maximum atomic E-state index is 14.0. The minimum atomic E-state index is -0.149. The Morgan fingerprint density at radius 1 is 1.33 bits per heavy atom. The summed E-state index contributed by atoms with van der Waals surface area (Å²) in [6.07, 6.45) is 5.94. The first kappa shape index (κ1) is 14.2. The minimum absolute atomic E-state index is 0.149. The van der Waals surface area contributed by atoms with Crippen molar-refractivity contribution in [3.63, 3.8) is 0 Å². The van der Waals surface area contributed by atoms with Gasteiger partial charge in [0.1, 0.15) is 5.82 Å². The highest BCUT2D eigenvalue weighted by Crippen LogP contribution is 2.33. The summed E-state index contributed by atoms with van der Waals surface area (Å²) in [5.41, 5.74) is 8.57. The third-order valence-electron chi connectivity index (χ3n) is 4.15. The molecule has 1 fully saturated rings. The van der Waals surface area contributed by atoms with Crippen molar-refractivity contribution >= 4 is 0 Å². The Balaban J connectivity index is 1.81. The van der Waals surface area contributed by atoms with Crippen LogP contribution < -0.4 is 5.73 Å². The molecule has 1 atom stereocenters. The number of hydrogen-bond donors (Lipinski definition) is 1. The van der Waals surface area contributed by atoms with Crippen molar-refractivity contribution in [1.29, 1.82) is 0 Å². The molecule has 2 heterocycles. The van der Waals surface area contributed by atoms with Crippen LogP contribution in [0.3, 0.4) is 0 Å². The summed E-state index contributed by atoms with van der Waals surface area (Å²) >= 11 is 0. The number of aromatic nitrogens is 1. The molecule has 2 N–H and O–H groups in total. The summed E-state index contributed by atoms with van der Waals surface area (Å²) in [5, 5.41) is 0. The van der Waals surface area contributed by atoms with Gasteiger partial charge in [0.15, 0.2) is 0 Å². The number of nitrogens with zero attached hydrogens (tertiary/aromatic N) is 2. The molecule has 0 radical (unpaired) electrons. The second-order valence-electron chi connectivity index (χ2n) is 5.54. The van der Waals surface area contributed by atoms with Gasteiger partial charge in [0.05, 0.1) is 0 Å². The lowest BCUT2D eigenvalue weighted by Gasteiger charge is -2.25. The molecule has 1 aromatic heterocycles. The van der Waals surface area contributed by atoms with E-state index in [1.807, 2.05) is 18.3 Å². The monoisotopic (exact) mass is 285 g/mol. The molecule has 110 valence electrons. The molecule has 3 nitrogen and oxygen atoms in total. The Hall–Kier alpha value is -1.78. The standard InChI is InChI=1S/C17H20FN3/c18-16-6-5-13(10-19)9-15(16)12-21-8-2-4-17(21)14-3-1-7-20-11-14/h1,3,5-7,9,11,17H,2,4,8,10,12,19H2. The first-order valence-corrected chi connectivity index (χ1v) is 7.39. The van der Waals surface area contributed by atoms with Gasteiger partial charge in [0.2, 0.25) is 0 Å². The summed E-state index contributed by atoms with van der Waals surface area (Å²) in [5.74, 6) is -0.149. The van der Waals surface area contributed by atoms with Crippen molar-refractivity contribution in [1.82, 2.24) is 9.88 Å². The van der Waals surface area contributed by atoms with Gasteiger partial charge in [-0.15, -0.1) is 0 Å². The molecule has 1 aliphatic heterocycles. The lowest BCUT2D eigenvalue weighted by atomic mass is 10.1. The van der Waals surface area contributed by atoms with Crippen molar-refractivity contribution in [2.24, 2.45) is 5.73 Å². The van der Waals surface area contributed by atoms with Crippen LogP contribution in [-0.2, 0) is 13.1 Å². The predicted molar refractivity (Wildman–Crippen MR) is 80.9 cm³/mol. The molecule has 0 bridgehead atoms. The number of halogens is 1. The Kier molecular flexibility index (Phi) is 4.27. The summed E-state index contributed by atoms with van der Waals surface area (Å²) in [6.45, 7) is 2.06. The van der Waals surface area contributed by atoms with E-state index < -0.39 is 0 Å². The molecule has 0 saturated carbocycles. The topological polar surface area (TPSA) is 42.1 Å². The van der Waals surface area contributed by atoms with Crippen LogP contribution in [0.5, 0.6) is 0 Å². The van der Waals surface area contributed by atoms with Crippen molar-refractivity contribution in [3.8, 4) is 0 Å². The number of nitrogens with two attached hydrogens (primary N) is 1. The van der Waals surface area contributed by atoms with Crippen LogP contribution >= 0.6 is 0 Å². The number of hydrogen-bond acceptors (Lipinski definition) is 3.